The summed E-state index contributed by atoms with van der Waals surface area (Å²) < 4.78 is 27.2. The molecule has 10 nitrogen and oxygen atoms in total. The molecule has 2 bridgehead atoms. The van der Waals surface area contributed by atoms with E-state index >= 15 is 4.39 Å². The number of pyridine rings is 3. The number of nitrogens with zero attached hydrogens (tertiary/aromatic N) is 4. The van der Waals surface area contributed by atoms with Crippen molar-refractivity contribution in [2.75, 3.05) is 43.5 Å². The molecule has 0 saturated carbocycles. The first-order valence-corrected chi connectivity index (χ1v) is 14.8. The number of amides is 1. The van der Waals surface area contributed by atoms with Crippen molar-refractivity contribution in [1.29, 1.82) is 0 Å². The second-order valence-corrected chi connectivity index (χ2v) is 11.4. The van der Waals surface area contributed by atoms with Gasteiger partial charge in [0.25, 0.3) is 11.5 Å². The zero-order valence-corrected chi connectivity index (χ0v) is 23.9. The molecule has 0 aliphatic carbocycles. The van der Waals surface area contributed by atoms with Gasteiger partial charge in [0.1, 0.15) is 17.4 Å². The van der Waals surface area contributed by atoms with Gasteiger partial charge in [0, 0.05) is 37.9 Å². The summed E-state index contributed by atoms with van der Waals surface area (Å²) >= 11 is 0. The van der Waals surface area contributed by atoms with Crippen LogP contribution in [0.25, 0.3) is 22.2 Å². The highest BCUT2D eigenvalue weighted by Crippen LogP contribution is 2.35. The molecule has 2 N–H and O–H groups in total. The monoisotopic (exact) mass is 584 g/mol. The van der Waals surface area contributed by atoms with E-state index in [0.717, 1.165) is 50.9 Å². The fraction of sp³-hybridized carbons (Fsp3) is 0.375. The Kier molecular flexibility index (Phi) is 7.18. The lowest BCUT2D eigenvalue weighted by Gasteiger charge is -2.33. The molecule has 7 rings (SSSR count). The number of carbonyl (C=O) groups excluding carboxylic acids is 1. The second-order valence-electron chi connectivity index (χ2n) is 11.4. The Morgan fingerprint density at radius 2 is 1.88 bits per heavy atom. The molecule has 3 aromatic heterocycles. The Hall–Kier alpha value is -4.51. The van der Waals surface area contributed by atoms with E-state index in [-0.39, 0.29) is 46.2 Å². The highest BCUT2D eigenvalue weighted by Gasteiger charge is 2.34. The summed E-state index contributed by atoms with van der Waals surface area (Å²) in [6, 6.07) is 9.87. The summed E-state index contributed by atoms with van der Waals surface area (Å²) in [6.07, 6.45) is 8.95. The first-order chi connectivity index (χ1) is 21.0. The van der Waals surface area contributed by atoms with Gasteiger partial charge in [-0.25, -0.2) is 14.4 Å². The third kappa shape index (κ3) is 5.29. The van der Waals surface area contributed by atoms with E-state index in [2.05, 4.69) is 25.2 Å². The van der Waals surface area contributed by atoms with Crippen molar-refractivity contribution in [2.45, 2.75) is 44.3 Å². The van der Waals surface area contributed by atoms with E-state index in [1.54, 1.807) is 17.0 Å². The molecular formula is C32H33FN6O4. The minimum atomic E-state index is -0.606. The first-order valence-electron chi connectivity index (χ1n) is 14.8. The molecule has 3 fully saturated rings. The van der Waals surface area contributed by atoms with Gasteiger partial charge in [0.15, 0.2) is 0 Å². The van der Waals surface area contributed by atoms with Crippen molar-refractivity contribution in [1.82, 2.24) is 19.9 Å². The third-order valence-corrected chi connectivity index (χ3v) is 8.59. The van der Waals surface area contributed by atoms with Crippen LogP contribution in [-0.2, 0) is 4.74 Å². The lowest BCUT2D eigenvalue weighted by molar-refractivity contribution is 0.0305. The number of carbonyl (C=O) groups is 1. The Labute approximate surface area is 247 Å². The van der Waals surface area contributed by atoms with E-state index in [1.807, 2.05) is 18.3 Å². The number of rotatable bonds is 6. The molecule has 0 unspecified atom stereocenters. The maximum absolute atomic E-state index is 15.7. The van der Waals surface area contributed by atoms with Crippen LogP contribution in [-0.4, -0.2) is 71.3 Å². The molecule has 43 heavy (non-hydrogen) atoms. The summed E-state index contributed by atoms with van der Waals surface area (Å²) in [4.78, 5) is 42.1. The van der Waals surface area contributed by atoms with Crippen LogP contribution in [0, 0.1) is 5.82 Å². The minimum Gasteiger partial charge on any atom is -0.496 e. The number of hydrogen-bond donors (Lipinski definition) is 2. The number of anilines is 3. The number of halogens is 1. The number of hydrogen-bond acceptors (Lipinski definition) is 8. The highest BCUT2D eigenvalue weighted by atomic mass is 19.1. The predicted molar refractivity (Wildman–Crippen MR) is 162 cm³/mol. The van der Waals surface area contributed by atoms with Gasteiger partial charge in [0.2, 0.25) is 0 Å². The number of morpholine rings is 1. The van der Waals surface area contributed by atoms with Gasteiger partial charge < -0.3 is 29.6 Å². The van der Waals surface area contributed by atoms with Crippen molar-refractivity contribution in [3.05, 3.63) is 70.5 Å². The van der Waals surface area contributed by atoms with Crippen LogP contribution < -0.4 is 20.5 Å². The van der Waals surface area contributed by atoms with Crippen LogP contribution >= 0.6 is 0 Å². The van der Waals surface area contributed by atoms with Gasteiger partial charge in [-0.15, -0.1) is 0 Å². The first kappa shape index (κ1) is 27.3. The van der Waals surface area contributed by atoms with Crippen LogP contribution in [0.3, 0.4) is 0 Å². The van der Waals surface area contributed by atoms with Gasteiger partial charge >= 0.3 is 0 Å². The Bertz CT molecular complexity index is 1720. The average molecular weight is 585 g/mol. The van der Waals surface area contributed by atoms with Crippen molar-refractivity contribution < 1.29 is 18.7 Å². The number of H-pyrrole nitrogens is 1. The number of aromatic nitrogens is 3. The van der Waals surface area contributed by atoms with Crippen LogP contribution in [0.5, 0.6) is 5.75 Å². The van der Waals surface area contributed by atoms with E-state index in [1.165, 1.54) is 25.4 Å². The Morgan fingerprint density at radius 3 is 2.60 bits per heavy atom. The fourth-order valence-electron chi connectivity index (χ4n) is 6.39. The molecule has 6 heterocycles. The molecule has 0 radical (unpaired) electrons. The van der Waals surface area contributed by atoms with Crippen molar-refractivity contribution in [3.8, 4) is 17.0 Å². The molecule has 3 saturated heterocycles. The van der Waals surface area contributed by atoms with Crippen molar-refractivity contribution in [3.63, 3.8) is 0 Å². The lowest BCUT2D eigenvalue weighted by Crippen LogP contribution is -2.42. The average Bonchev–Trinajstić information content (AvgIpc) is 3.38. The maximum Gasteiger partial charge on any atom is 0.259 e. The molecule has 2 atom stereocenters. The molecular weight excluding hydrogens is 551 g/mol. The summed E-state index contributed by atoms with van der Waals surface area (Å²) in [5, 5.41) is 3.57. The van der Waals surface area contributed by atoms with Crippen molar-refractivity contribution in [2.24, 2.45) is 0 Å². The number of methoxy groups -OCH3 is 1. The SMILES string of the molecule is COc1cc(-c2cc(Nc3ccc(N4C[C@H]5CC[C@@H](C4)O5)cn3)c3c(=O)[nH]ccc3n2)c(F)cc1C(=O)N1CCCCC1. The summed E-state index contributed by atoms with van der Waals surface area (Å²) in [5.74, 6) is -0.0577. The van der Waals surface area contributed by atoms with Gasteiger partial charge in [0.05, 0.1) is 59.0 Å². The number of fused-ring (bicyclic) bond motifs is 3. The number of ether oxygens (including phenoxy) is 2. The minimum absolute atomic E-state index is 0.155. The summed E-state index contributed by atoms with van der Waals surface area (Å²) in [5.41, 5.74) is 2.11. The molecule has 3 aliphatic heterocycles. The van der Waals surface area contributed by atoms with Gasteiger partial charge in [-0.3, -0.25) is 9.59 Å². The summed E-state index contributed by atoms with van der Waals surface area (Å²) in [6.45, 7) is 2.97. The number of nitrogens with one attached hydrogen (secondary N) is 2. The smallest absolute Gasteiger partial charge is 0.259 e. The molecule has 1 amide bonds. The zero-order chi connectivity index (χ0) is 29.5. The molecule has 0 spiro atoms. The summed E-state index contributed by atoms with van der Waals surface area (Å²) in [7, 11) is 1.46. The Balaban J connectivity index is 1.22. The maximum atomic E-state index is 15.7. The van der Waals surface area contributed by atoms with Gasteiger partial charge in [-0.05, 0) is 68.5 Å². The van der Waals surface area contributed by atoms with Crippen LogP contribution in [0.4, 0.5) is 21.6 Å². The highest BCUT2D eigenvalue weighted by molar-refractivity contribution is 5.98. The number of likely N-dealkylation sites (tertiary alicyclic amines) is 1. The van der Waals surface area contributed by atoms with Crippen LogP contribution in [0.1, 0.15) is 42.5 Å². The van der Waals surface area contributed by atoms with E-state index in [0.29, 0.717) is 35.5 Å². The Morgan fingerprint density at radius 1 is 1.09 bits per heavy atom. The third-order valence-electron chi connectivity index (χ3n) is 8.59. The molecule has 3 aliphatic rings. The van der Waals surface area contributed by atoms with Gasteiger partial charge in [-0.2, -0.15) is 0 Å². The van der Waals surface area contributed by atoms with E-state index in [9.17, 15) is 9.59 Å². The van der Waals surface area contributed by atoms with Crippen molar-refractivity contribution >= 4 is 34.0 Å². The topological polar surface area (TPSA) is 113 Å². The number of piperidine rings is 1. The largest absolute Gasteiger partial charge is 0.496 e. The molecule has 4 aromatic rings. The number of benzene rings is 1. The quantitative estimate of drug-likeness (QED) is 0.330. The van der Waals surface area contributed by atoms with E-state index < -0.39 is 5.82 Å². The second kappa shape index (κ2) is 11.3. The normalized spacial score (nSPS) is 20.0. The van der Waals surface area contributed by atoms with Crippen LogP contribution in [0.2, 0.25) is 0 Å². The van der Waals surface area contributed by atoms with Gasteiger partial charge in [-0.1, -0.05) is 0 Å². The molecule has 1 aromatic carbocycles. The molecule has 222 valence electrons. The fourth-order valence-corrected chi connectivity index (χ4v) is 6.39. The standard InChI is InChI=1S/C32H33FN6O4/c1-42-28-14-22(24(33)13-23(28)32(41)38-11-3-2-4-12-38)26-15-27(30-25(36-26)9-10-34-31(30)40)37-29-8-5-19(16-35-29)39-17-20-6-7-21(18-39)43-20/h5,8-10,13-16,20-21H,2-4,6-7,11-12,17-18H2,1H3,(H,34,40)(H,35,36,37)/t20-,21+. The zero-order valence-electron chi connectivity index (χ0n) is 23.9. The number of aromatic amines is 1. The predicted octanol–water partition coefficient (Wildman–Crippen LogP) is 4.87. The van der Waals surface area contributed by atoms with Crippen LogP contribution in [0.15, 0.2) is 53.6 Å². The lowest BCUT2D eigenvalue weighted by atomic mass is 10.0. The molecule has 11 heteroatoms. The van der Waals surface area contributed by atoms with E-state index in [4.69, 9.17) is 9.47 Å².